The van der Waals surface area contributed by atoms with Crippen LogP contribution in [0, 0.1) is 10.8 Å². The fraction of sp³-hybridized carbons (Fsp3) is 0.579. The van der Waals surface area contributed by atoms with E-state index in [0.717, 1.165) is 0 Å². The summed E-state index contributed by atoms with van der Waals surface area (Å²) in [7, 11) is 0. The minimum absolute atomic E-state index is 0.0299. The Balaban J connectivity index is 3.01. The number of amidine groups is 2. The van der Waals surface area contributed by atoms with Crippen LogP contribution in [0.25, 0.3) is 0 Å². The second-order valence-corrected chi connectivity index (χ2v) is 7.01. The lowest BCUT2D eigenvalue weighted by Crippen LogP contribution is -2.51. The Morgan fingerprint density at radius 1 is 1.22 bits per heavy atom. The van der Waals surface area contributed by atoms with Crippen molar-refractivity contribution in [3.63, 3.8) is 0 Å². The number of carbonyl (C=O) groups excluding carboxylic acids is 1. The van der Waals surface area contributed by atoms with Crippen molar-refractivity contribution >= 4 is 23.3 Å². The molecular formula is C19H26F6N6O. The molecule has 1 heterocycles. The molecule has 0 spiro atoms. The largest absolute Gasteiger partial charge is 0.432 e. The number of carbonyl (C=O) groups is 1. The zero-order chi connectivity index (χ0) is 24.7. The standard InChI is InChI=1S/C19H26F6N6O/c1-4-6-12(16(27)19(23,24)25)13(5-2)28-9-15(32)31-14-7-11(18(20,21)22)8-29-17(14)30-10(3)26/h8,14,27-28H,4-7,9H2,1-3H3,(H,31,32)(H2,26,29,30)/b13-12-,27-16?. The highest BCUT2D eigenvalue weighted by atomic mass is 19.4. The van der Waals surface area contributed by atoms with Crippen LogP contribution < -0.4 is 16.0 Å². The van der Waals surface area contributed by atoms with Crippen LogP contribution in [0.15, 0.2) is 28.0 Å². The molecule has 0 saturated heterocycles. The summed E-state index contributed by atoms with van der Waals surface area (Å²) >= 11 is 0. The zero-order valence-corrected chi connectivity index (χ0v) is 17.8. The lowest BCUT2D eigenvalue weighted by molar-refractivity contribution is -0.121. The van der Waals surface area contributed by atoms with Gasteiger partial charge in [-0.2, -0.15) is 26.3 Å². The van der Waals surface area contributed by atoms with Crippen molar-refractivity contribution in [1.82, 2.24) is 16.0 Å². The van der Waals surface area contributed by atoms with Gasteiger partial charge in [0.15, 0.2) is 0 Å². The summed E-state index contributed by atoms with van der Waals surface area (Å²) < 4.78 is 78.1. The number of nitrogens with zero attached hydrogens (tertiary/aromatic N) is 1. The van der Waals surface area contributed by atoms with Crippen LogP contribution in [0.5, 0.6) is 0 Å². The molecular weight excluding hydrogens is 442 g/mol. The molecule has 1 aliphatic rings. The number of aliphatic imine (C=N–C) groups is 1. The van der Waals surface area contributed by atoms with E-state index in [-0.39, 0.29) is 35.8 Å². The predicted molar refractivity (Wildman–Crippen MR) is 109 cm³/mol. The molecule has 0 fully saturated rings. The third kappa shape index (κ3) is 8.00. The molecule has 13 heteroatoms. The molecule has 0 bridgehead atoms. The molecule has 1 amide bonds. The molecule has 180 valence electrons. The van der Waals surface area contributed by atoms with E-state index in [1.807, 2.05) is 0 Å². The van der Waals surface area contributed by atoms with E-state index in [4.69, 9.17) is 10.8 Å². The Kier molecular flexibility index (Phi) is 9.46. The quantitative estimate of drug-likeness (QED) is 0.211. The molecule has 5 N–H and O–H groups in total. The Hall–Kier alpha value is -2.86. The van der Waals surface area contributed by atoms with Gasteiger partial charge in [0, 0.05) is 23.9 Å². The molecule has 0 aromatic heterocycles. The first-order valence-electron chi connectivity index (χ1n) is 9.78. The smallest absolute Gasteiger partial charge is 0.379 e. The summed E-state index contributed by atoms with van der Waals surface area (Å²) in [5.74, 6) is -1.04. The molecule has 1 rings (SSSR count). The number of allylic oxidation sites excluding steroid dienone is 2. The number of amides is 1. The summed E-state index contributed by atoms with van der Waals surface area (Å²) in [5, 5.41) is 22.1. The maximum absolute atomic E-state index is 13.0. The van der Waals surface area contributed by atoms with Crippen molar-refractivity contribution in [2.24, 2.45) is 4.99 Å². The summed E-state index contributed by atoms with van der Waals surface area (Å²) in [5.41, 5.74) is -2.64. The minimum Gasteiger partial charge on any atom is -0.379 e. The Morgan fingerprint density at radius 2 is 1.84 bits per heavy atom. The van der Waals surface area contributed by atoms with Gasteiger partial charge >= 0.3 is 12.4 Å². The number of hydrogen-bond donors (Lipinski definition) is 5. The Labute approximate surface area is 181 Å². The third-order valence-electron chi connectivity index (χ3n) is 4.40. The summed E-state index contributed by atoms with van der Waals surface area (Å²) in [6.07, 6.45) is -8.99. The monoisotopic (exact) mass is 468 g/mol. The molecule has 1 unspecified atom stereocenters. The van der Waals surface area contributed by atoms with E-state index in [1.54, 1.807) is 13.8 Å². The van der Waals surface area contributed by atoms with Gasteiger partial charge in [-0.3, -0.25) is 15.6 Å². The van der Waals surface area contributed by atoms with Gasteiger partial charge in [-0.1, -0.05) is 20.3 Å². The van der Waals surface area contributed by atoms with Crippen molar-refractivity contribution < 1.29 is 31.1 Å². The van der Waals surface area contributed by atoms with Crippen LogP contribution in [0.3, 0.4) is 0 Å². The van der Waals surface area contributed by atoms with E-state index >= 15 is 0 Å². The number of rotatable bonds is 8. The molecule has 1 atom stereocenters. The van der Waals surface area contributed by atoms with Crippen molar-refractivity contribution in [2.45, 2.75) is 64.8 Å². The first-order valence-corrected chi connectivity index (χ1v) is 9.78. The number of hydrogen-bond acceptors (Lipinski definition) is 4. The van der Waals surface area contributed by atoms with Crippen LogP contribution in [0.2, 0.25) is 0 Å². The van der Waals surface area contributed by atoms with Crippen molar-refractivity contribution in [3.05, 3.63) is 23.0 Å². The van der Waals surface area contributed by atoms with Crippen LogP contribution in [-0.4, -0.2) is 48.2 Å². The molecule has 1 aliphatic heterocycles. The van der Waals surface area contributed by atoms with Gasteiger partial charge in [-0.25, -0.2) is 4.99 Å². The van der Waals surface area contributed by atoms with Gasteiger partial charge in [-0.05, 0) is 19.8 Å². The number of halogens is 6. The second kappa shape index (κ2) is 11.1. The van der Waals surface area contributed by atoms with Crippen molar-refractivity contribution in [3.8, 4) is 0 Å². The van der Waals surface area contributed by atoms with Gasteiger partial charge in [0.25, 0.3) is 0 Å². The lowest BCUT2D eigenvalue weighted by Gasteiger charge is -2.27. The van der Waals surface area contributed by atoms with Crippen molar-refractivity contribution in [2.75, 3.05) is 6.54 Å². The van der Waals surface area contributed by atoms with Crippen LogP contribution >= 0.6 is 0 Å². The van der Waals surface area contributed by atoms with Crippen LogP contribution in [0.4, 0.5) is 26.3 Å². The van der Waals surface area contributed by atoms with E-state index < -0.39 is 48.6 Å². The van der Waals surface area contributed by atoms with E-state index in [1.165, 1.54) is 6.92 Å². The molecule has 0 aliphatic carbocycles. The molecule has 32 heavy (non-hydrogen) atoms. The summed E-state index contributed by atoms with van der Waals surface area (Å²) in [6.45, 7) is 4.00. The maximum atomic E-state index is 13.0. The average molecular weight is 468 g/mol. The topological polar surface area (TPSA) is 113 Å². The number of alkyl halides is 6. The second-order valence-electron chi connectivity index (χ2n) is 7.01. The fourth-order valence-corrected chi connectivity index (χ4v) is 2.97. The van der Waals surface area contributed by atoms with Gasteiger partial charge in [0.1, 0.15) is 17.4 Å². The molecule has 0 aromatic carbocycles. The first-order chi connectivity index (χ1) is 14.7. The van der Waals surface area contributed by atoms with Gasteiger partial charge in [0.05, 0.1) is 18.2 Å². The van der Waals surface area contributed by atoms with Crippen LogP contribution in [-0.2, 0) is 4.79 Å². The summed E-state index contributed by atoms with van der Waals surface area (Å²) in [6, 6.07) is -1.20. The lowest BCUT2D eigenvalue weighted by atomic mass is 10.0. The SMILES string of the molecule is CCC/C(C(=N)C(F)(F)F)=C(\CC)NCC(=O)NC1CC(C(F)(F)F)=CN/C1=N\C(C)=N. The minimum atomic E-state index is -4.85. The van der Waals surface area contributed by atoms with Crippen LogP contribution in [0.1, 0.15) is 46.5 Å². The number of nitrogens with one attached hydrogen (secondary N) is 5. The van der Waals surface area contributed by atoms with Crippen molar-refractivity contribution in [1.29, 1.82) is 10.8 Å². The van der Waals surface area contributed by atoms with E-state index in [0.29, 0.717) is 12.6 Å². The highest BCUT2D eigenvalue weighted by molar-refractivity contribution is 6.02. The molecule has 7 nitrogen and oxygen atoms in total. The third-order valence-corrected chi connectivity index (χ3v) is 4.40. The van der Waals surface area contributed by atoms with E-state index in [2.05, 4.69) is 20.9 Å². The average Bonchev–Trinajstić information content (AvgIpc) is 2.66. The van der Waals surface area contributed by atoms with E-state index in [9.17, 15) is 31.1 Å². The predicted octanol–water partition coefficient (Wildman–Crippen LogP) is 3.94. The fourth-order valence-electron chi connectivity index (χ4n) is 2.97. The molecule has 0 saturated carbocycles. The Bertz CT molecular complexity index is 825. The maximum Gasteiger partial charge on any atom is 0.432 e. The van der Waals surface area contributed by atoms with Gasteiger partial charge < -0.3 is 16.0 Å². The van der Waals surface area contributed by atoms with Gasteiger partial charge in [-0.15, -0.1) is 0 Å². The Morgan fingerprint density at radius 3 is 2.31 bits per heavy atom. The summed E-state index contributed by atoms with van der Waals surface area (Å²) in [4.78, 5) is 16.1. The normalized spacial score (nSPS) is 19.0. The highest BCUT2D eigenvalue weighted by Gasteiger charge is 2.39. The molecule has 0 aromatic rings. The highest BCUT2D eigenvalue weighted by Crippen LogP contribution is 2.30. The first kappa shape index (κ1) is 27.2. The zero-order valence-electron chi connectivity index (χ0n) is 17.8. The molecule has 0 radical (unpaired) electrons. The van der Waals surface area contributed by atoms with Gasteiger partial charge in [0.2, 0.25) is 5.91 Å².